The minimum absolute atomic E-state index is 0.0127. The van der Waals surface area contributed by atoms with Crippen LogP contribution in [0.2, 0.25) is 0 Å². The number of hydrogen-bond acceptors (Lipinski definition) is 4. The van der Waals surface area contributed by atoms with Gasteiger partial charge >= 0.3 is 0 Å². The lowest BCUT2D eigenvalue weighted by Crippen LogP contribution is -2.56. The van der Waals surface area contributed by atoms with Crippen molar-refractivity contribution in [2.75, 3.05) is 0 Å². The van der Waals surface area contributed by atoms with Gasteiger partial charge in [0.15, 0.2) is 5.78 Å². The summed E-state index contributed by atoms with van der Waals surface area (Å²) in [6.07, 6.45) is 2.48. The van der Waals surface area contributed by atoms with Gasteiger partial charge in [0.25, 0.3) is 0 Å². The van der Waals surface area contributed by atoms with E-state index < -0.39 is 17.6 Å². The second kappa shape index (κ2) is 7.99. The Labute approximate surface area is 170 Å². The first-order chi connectivity index (χ1) is 13.7. The fraction of sp³-hybridized carbons (Fsp3) is 0.500. The van der Waals surface area contributed by atoms with Crippen molar-refractivity contribution in [1.82, 2.24) is 15.6 Å². The van der Waals surface area contributed by atoms with Crippen molar-refractivity contribution in [3.63, 3.8) is 0 Å². The van der Waals surface area contributed by atoms with Gasteiger partial charge in [-0.1, -0.05) is 45.9 Å². The smallest absolute Gasteiger partial charge is 0.243 e. The van der Waals surface area contributed by atoms with Gasteiger partial charge in [-0.3, -0.25) is 14.4 Å². The molecule has 2 amide bonds. The van der Waals surface area contributed by atoms with Crippen molar-refractivity contribution in [2.24, 2.45) is 17.6 Å². The number of nitrogens with two attached hydrogens (primary N) is 1. The number of nitrogens with one attached hydrogen (secondary N) is 3. The topological polar surface area (TPSA) is 117 Å². The molecule has 0 radical (unpaired) electrons. The van der Waals surface area contributed by atoms with Gasteiger partial charge < -0.3 is 21.4 Å². The van der Waals surface area contributed by atoms with Gasteiger partial charge in [0.1, 0.15) is 11.6 Å². The maximum atomic E-state index is 13.1. The second-order valence-electron chi connectivity index (χ2n) is 8.61. The molecule has 1 saturated carbocycles. The summed E-state index contributed by atoms with van der Waals surface area (Å²) in [4.78, 5) is 40.9. The van der Waals surface area contributed by atoms with Crippen LogP contribution in [0.15, 0.2) is 30.5 Å². The van der Waals surface area contributed by atoms with Crippen LogP contribution in [0.1, 0.15) is 39.7 Å². The average Bonchev–Trinajstić information content (AvgIpc) is 3.16. The standard InChI is InChI=1S/C22H30N4O3/c1-12(2)19(23)21(29)25-17(20(28)26-22(13(3)4)10-18(22)27)9-14-11-24-16-8-6-5-7-15(14)16/h5-8,11-13,17,19,24H,9-10,23H2,1-4H3,(H,25,29)(H,26,28)/t17-,19-,22-/m0/s1. The predicted octanol–water partition coefficient (Wildman–Crippen LogP) is 1.66. The van der Waals surface area contributed by atoms with E-state index in [1.165, 1.54) is 0 Å². The average molecular weight is 399 g/mol. The first kappa shape index (κ1) is 21.0. The highest BCUT2D eigenvalue weighted by atomic mass is 16.2. The Morgan fingerprint density at radius 1 is 1.17 bits per heavy atom. The molecule has 0 spiro atoms. The third-order valence-corrected chi connectivity index (χ3v) is 5.90. The minimum atomic E-state index is -0.824. The van der Waals surface area contributed by atoms with Gasteiger partial charge in [0.05, 0.1) is 6.04 Å². The first-order valence-electron chi connectivity index (χ1n) is 10.1. The highest BCUT2D eigenvalue weighted by Crippen LogP contribution is 2.38. The third-order valence-electron chi connectivity index (χ3n) is 5.90. The van der Waals surface area contributed by atoms with Crippen molar-refractivity contribution < 1.29 is 14.4 Å². The zero-order chi connectivity index (χ0) is 21.3. The van der Waals surface area contributed by atoms with Gasteiger partial charge in [0, 0.05) is 29.9 Å². The molecular weight excluding hydrogens is 368 g/mol. The molecule has 7 heteroatoms. The molecule has 1 heterocycles. The van der Waals surface area contributed by atoms with Crippen LogP contribution in [0.4, 0.5) is 0 Å². The SMILES string of the molecule is CC(C)[C@H](N)C(=O)N[C@@H](Cc1c[nH]c2ccccc12)C(=O)N[C@]1(C(C)C)CC1=O. The summed E-state index contributed by atoms with van der Waals surface area (Å²) in [6, 6.07) is 6.25. The van der Waals surface area contributed by atoms with E-state index in [1.54, 1.807) is 0 Å². The van der Waals surface area contributed by atoms with Crippen LogP contribution in [0, 0.1) is 11.8 Å². The van der Waals surface area contributed by atoms with E-state index >= 15 is 0 Å². The van der Waals surface area contributed by atoms with Crippen molar-refractivity contribution in [2.45, 2.75) is 58.2 Å². The Morgan fingerprint density at radius 2 is 1.83 bits per heavy atom. The summed E-state index contributed by atoms with van der Waals surface area (Å²) in [7, 11) is 0. The lowest BCUT2D eigenvalue weighted by molar-refractivity contribution is -0.131. The molecule has 156 valence electrons. The van der Waals surface area contributed by atoms with E-state index in [-0.39, 0.29) is 29.4 Å². The quantitative estimate of drug-likeness (QED) is 0.541. The summed E-state index contributed by atoms with van der Waals surface area (Å²) in [5.74, 6) is -0.781. The molecule has 0 saturated heterocycles. The molecule has 1 aliphatic rings. The van der Waals surface area contributed by atoms with E-state index in [4.69, 9.17) is 5.73 Å². The minimum Gasteiger partial charge on any atom is -0.361 e. The Morgan fingerprint density at radius 3 is 2.41 bits per heavy atom. The Balaban J connectivity index is 1.84. The van der Waals surface area contributed by atoms with Gasteiger partial charge in [0.2, 0.25) is 11.8 Å². The van der Waals surface area contributed by atoms with Gasteiger partial charge in [-0.15, -0.1) is 0 Å². The number of carbonyl (C=O) groups is 3. The highest BCUT2D eigenvalue weighted by Gasteiger charge is 2.57. The van der Waals surface area contributed by atoms with Crippen LogP contribution in [0.25, 0.3) is 10.9 Å². The molecule has 7 nitrogen and oxygen atoms in total. The number of rotatable bonds is 8. The van der Waals surface area contributed by atoms with E-state index in [0.717, 1.165) is 16.5 Å². The lowest BCUT2D eigenvalue weighted by Gasteiger charge is -2.26. The summed E-state index contributed by atoms with van der Waals surface area (Å²) < 4.78 is 0. The van der Waals surface area contributed by atoms with Crippen LogP contribution < -0.4 is 16.4 Å². The zero-order valence-corrected chi connectivity index (χ0v) is 17.4. The number of amides is 2. The monoisotopic (exact) mass is 398 g/mol. The molecule has 0 unspecified atom stereocenters. The largest absolute Gasteiger partial charge is 0.361 e. The first-order valence-corrected chi connectivity index (χ1v) is 10.1. The maximum Gasteiger partial charge on any atom is 0.243 e. The maximum absolute atomic E-state index is 13.1. The van der Waals surface area contributed by atoms with Crippen LogP contribution >= 0.6 is 0 Å². The molecule has 0 bridgehead atoms. The normalized spacial score (nSPS) is 20.7. The van der Waals surface area contributed by atoms with E-state index in [0.29, 0.717) is 12.8 Å². The number of aromatic nitrogens is 1. The van der Waals surface area contributed by atoms with Gasteiger partial charge in [-0.05, 0) is 23.5 Å². The molecule has 1 aliphatic carbocycles. The summed E-state index contributed by atoms with van der Waals surface area (Å²) in [5, 5.41) is 6.69. The fourth-order valence-corrected chi connectivity index (χ4v) is 3.60. The fourth-order valence-electron chi connectivity index (χ4n) is 3.60. The number of para-hydroxylation sites is 1. The zero-order valence-electron chi connectivity index (χ0n) is 17.4. The van der Waals surface area contributed by atoms with Crippen LogP contribution in [0.5, 0.6) is 0 Å². The number of ketones is 1. The number of carbonyl (C=O) groups excluding carboxylic acids is 3. The van der Waals surface area contributed by atoms with Crippen LogP contribution in [0.3, 0.4) is 0 Å². The molecule has 2 aromatic rings. The van der Waals surface area contributed by atoms with Crippen LogP contribution in [-0.2, 0) is 20.8 Å². The Bertz CT molecular complexity index is 933. The summed E-state index contributed by atoms with van der Waals surface area (Å²) >= 11 is 0. The number of hydrogen-bond donors (Lipinski definition) is 4. The molecule has 3 rings (SSSR count). The van der Waals surface area contributed by atoms with Crippen molar-refractivity contribution in [1.29, 1.82) is 0 Å². The molecule has 0 aliphatic heterocycles. The number of Topliss-reactive ketones (excluding diaryl/α,β-unsaturated/α-hetero) is 1. The number of fused-ring (bicyclic) bond motifs is 1. The van der Waals surface area contributed by atoms with Crippen molar-refractivity contribution in [3.8, 4) is 0 Å². The Kier molecular flexibility index (Phi) is 5.80. The van der Waals surface area contributed by atoms with E-state index in [2.05, 4.69) is 15.6 Å². The molecule has 5 N–H and O–H groups in total. The summed E-state index contributed by atoms with van der Waals surface area (Å²) in [5.41, 5.74) is 7.04. The number of benzene rings is 1. The Hall–Kier alpha value is -2.67. The van der Waals surface area contributed by atoms with Gasteiger partial charge in [-0.2, -0.15) is 0 Å². The lowest BCUT2D eigenvalue weighted by atomic mass is 9.98. The van der Waals surface area contributed by atoms with Crippen molar-refractivity contribution in [3.05, 3.63) is 36.0 Å². The highest BCUT2D eigenvalue weighted by molar-refractivity contribution is 6.09. The van der Waals surface area contributed by atoms with Crippen molar-refractivity contribution >= 4 is 28.5 Å². The molecular formula is C22H30N4O3. The van der Waals surface area contributed by atoms with Crippen LogP contribution in [-0.4, -0.2) is 40.2 Å². The third kappa shape index (κ3) is 4.19. The number of H-pyrrole nitrogens is 1. The van der Waals surface area contributed by atoms with E-state index in [9.17, 15) is 14.4 Å². The molecule has 1 aromatic carbocycles. The number of aromatic amines is 1. The van der Waals surface area contributed by atoms with Gasteiger partial charge in [-0.25, -0.2) is 0 Å². The molecule has 1 fully saturated rings. The summed E-state index contributed by atoms with van der Waals surface area (Å²) in [6.45, 7) is 7.53. The predicted molar refractivity (Wildman–Crippen MR) is 112 cm³/mol. The molecule has 3 atom stereocenters. The second-order valence-corrected chi connectivity index (χ2v) is 8.61. The molecule has 1 aromatic heterocycles. The van der Waals surface area contributed by atoms with E-state index in [1.807, 2.05) is 58.2 Å². The molecule has 29 heavy (non-hydrogen) atoms.